The number of allylic oxidation sites excluding steroid dienone is 1. The van der Waals surface area contributed by atoms with Crippen LogP contribution >= 0.6 is 0 Å². The average molecular weight is 406 g/mol. The van der Waals surface area contributed by atoms with E-state index >= 15 is 0 Å². The van der Waals surface area contributed by atoms with Gasteiger partial charge >= 0.3 is 0 Å². The monoisotopic (exact) mass is 406 g/mol. The van der Waals surface area contributed by atoms with Crippen LogP contribution in [0.1, 0.15) is 24.1 Å². The van der Waals surface area contributed by atoms with Crippen molar-refractivity contribution < 1.29 is 14.3 Å². The highest BCUT2D eigenvalue weighted by Gasteiger charge is 2.35. The molecule has 1 amide bonds. The van der Waals surface area contributed by atoms with Gasteiger partial charge in [0.25, 0.3) is 5.91 Å². The second kappa shape index (κ2) is 7.86. The third-order valence-electron chi connectivity index (χ3n) is 4.97. The number of methoxy groups -OCH3 is 2. The van der Waals surface area contributed by atoms with Gasteiger partial charge in [-0.2, -0.15) is 4.68 Å². The van der Waals surface area contributed by atoms with Crippen LogP contribution in [-0.2, 0) is 4.79 Å². The van der Waals surface area contributed by atoms with E-state index in [1.54, 1.807) is 25.0 Å². The van der Waals surface area contributed by atoms with E-state index in [-0.39, 0.29) is 5.91 Å². The third kappa shape index (κ3) is 3.45. The van der Waals surface area contributed by atoms with Gasteiger partial charge in [-0.3, -0.25) is 4.79 Å². The molecule has 2 N–H and O–H groups in total. The van der Waals surface area contributed by atoms with E-state index in [0.717, 1.165) is 11.1 Å². The fourth-order valence-corrected chi connectivity index (χ4v) is 3.56. The molecular formula is C21H22N6O3. The largest absolute Gasteiger partial charge is 0.497 e. The van der Waals surface area contributed by atoms with Crippen LogP contribution in [0.15, 0.2) is 53.7 Å². The first-order valence-corrected chi connectivity index (χ1v) is 9.37. The van der Waals surface area contributed by atoms with Crippen molar-refractivity contribution in [2.75, 3.05) is 24.9 Å². The first-order valence-electron chi connectivity index (χ1n) is 9.37. The number of carbonyl (C=O) groups excluding carboxylic acids is 1. The number of anilines is 2. The van der Waals surface area contributed by atoms with E-state index < -0.39 is 6.04 Å². The highest BCUT2D eigenvalue weighted by molar-refractivity contribution is 6.06. The van der Waals surface area contributed by atoms with E-state index in [1.807, 2.05) is 50.2 Å². The fourth-order valence-electron chi connectivity index (χ4n) is 3.56. The van der Waals surface area contributed by atoms with Crippen LogP contribution in [0.3, 0.4) is 0 Å². The minimum atomic E-state index is -0.582. The number of nitrogens with zero attached hydrogens (tertiary/aromatic N) is 4. The summed E-state index contributed by atoms with van der Waals surface area (Å²) in [6.45, 7) is 3.80. The summed E-state index contributed by atoms with van der Waals surface area (Å²) in [5, 5.41) is 18.0. The van der Waals surface area contributed by atoms with Crippen molar-refractivity contribution >= 4 is 17.5 Å². The van der Waals surface area contributed by atoms with Crippen molar-refractivity contribution in [1.29, 1.82) is 0 Å². The second-order valence-corrected chi connectivity index (χ2v) is 6.94. The first-order chi connectivity index (χ1) is 14.5. The predicted octanol–water partition coefficient (Wildman–Crippen LogP) is 2.93. The zero-order chi connectivity index (χ0) is 21.3. The summed E-state index contributed by atoms with van der Waals surface area (Å²) >= 11 is 0. The number of ether oxygens (including phenoxy) is 2. The lowest BCUT2D eigenvalue weighted by Crippen LogP contribution is -2.31. The molecule has 1 aliphatic heterocycles. The highest BCUT2D eigenvalue weighted by atomic mass is 16.5. The number of rotatable bonds is 5. The molecule has 2 heterocycles. The van der Waals surface area contributed by atoms with Crippen molar-refractivity contribution in [2.24, 2.45) is 0 Å². The zero-order valence-electron chi connectivity index (χ0n) is 17.1. The first kappa shape index (κ1) is 19.4. The Bertz CT molecular complexity index is 1140. The van der Waals surface area contributed by atoms with Gasteiger partial charge in [0.2, 0.25) is 5.95 Å². The number of benzene rings is 2. The summed E-state index contributed by atoms with van der Waals surface area (Å²) in [6, 6.07) is 12.5. The van der Waals surface area contributed by atoms with Crippen molar-refractivity contribution in [3.63, 3.8) is 0 Å². The number of hydrogen-bond donors (Lipinski definition) is 2. The number of tetrazole rings is 1. The molecule has 1 unspecified atom stereocenters. The van der Waals surface area contributed by atoms with Gasteiger partial charge in [-0.1, -0.05) is 17.2 Å². The van der Waals surface area contributed by atoms with Crippen LogP contribution in [-0.4, -0.2) is 40.3 Å². The minimum absolute atomic E-state index is 0.255. The van der Waals surface area contributed by atoms with Gasteiger partial charge < -0.3 is 20.1 Å². The van der Waals surface area contributed by atoms with Crippen LogP contribution in [0.2, 0.25) is 0 Å². The Morgan fingerprint density at radius 3 is 2.70 bits per heavy atom. The lowest BCUT2D eigenvalue weighted by molar-refractivity contribution is -0.113. The number of aryl methyl sites for hydroxylation is 1. The maximum atomic E-state index is 13.4. The average Bonchev–Trinajstić information content (AvgIpc) is 3.20. The van der Waals surface area contributed by atoms with Crippen LogP contribution in [0.4, 0.5) is 11.6 Å². The molecule has 0 radical (unpaired) electrons. The summed E-state index contributed by atoms with van der Waals surface area (Å²) in [5.74, 6) is 1.40. The summed E-state index contributed by atoms with van der Waals surface area (Å²) < 4.78 is 12.5. The molecule has 3 aromatic rings. The minimum Gasteiger partial charge on any atom is -0.497 e. The maximum Gasteiger partial charge on any atom is 0.255 e. The van der Waals surface area contributed by atoms with Crippen molar-refractivity contribution in [3.8, 4) is 11.5 Å². The van der Waals surface area contributed by atoms with Crippen LogP contribution < -0.4 is 20.1 Å². The molecule has 0 saturated heterocycles. The second-order valence-electron chi connectivity index (χ2n) is 6.94. The molecule has 30 heavy (non-hydrogen) atoms. The molecule has 2 aromatic carbocycles. The van der Waals surface area contributed by atoms with Crippen LogP contribution in [0.5, 0.6) is 11.5 Å². The Hall–Kier alpha value is -3.88. The van der Waals surface area contributed by atoms with Gasteiger partial charge in [0.05, 0.1) is 19.8 Å². The molecule has 0 saturated carbocycles. The Morgan fingerprint density at radius 1 is 1.13 bits per heavy atom. The van der Waals surface area contributed by atoms with E-state index in [0.29, 0.717) is 34.4 Å². The summed E-state index contributed by atoms with van der Waals surface area (Å²) in [5.41, 5.74) is 3.65. The Morgan fingerprint density at radius 2 is 1.97 bits per heavy atom. The zero-order valence-corrected chi connectivity index (χ0v) is 17.1. The molecule has 9 nitrogen and oxygen atoms in total. The normalized spacial score (nSPS) is 15.3. The lowest BCUT2D eigenvalue weighted by Gasteiger charge is -2.29. The molecule has 0 spiro atoms. The molecule has 4 rings (SSSR count). The highest BCUT2D eigenvalue weighted by Crippen LogP contribution is 2.40. The van der Waals surface area contributed by atoms with Gasteiger partial charge in [-0.15, -0.1) is 0 Å². The van der Waals surface area contributed by atoms with Gasteiger partial charge in [0.15, 0.2) is 0 Å². The Labute approximate surface area is 173 Å². The summed E-state index contributed by atoms with van der Waals surface area (Å²) in [4.78, 5) is 13.4. The Kier molecular flexibility index (Phi) is 5.09. The Balaban J connectivity index is 1.81. The molecular weight excluding hydrogens is 384 g/mol. The van der Waals surface area contributed by atoms with E-state index in [2.05, 4.69) is 26.2 Å². The molecule has 1 atom stereocenters. The van der Waals surface area contributed by atoms with Crippen molar-refractivity contribution in [1.82, 2.24) is 20.2 Å². The van der Waals surface area contributed by atoms with Gasteiger partial charge in [-0.25, -0.2) is 0 Å². The predicted molar refractivity (Wildman–Crippen MR) is 112 cm³/mol. The summed E-state index contributed by atoms with van der Waals surface area (Å²) in [6.07, 6.45) is 0. The van der Waals surface area contributed by atoms with Crippen molar-refractivity contribution in [2.45, 2.75) is 19.9 Å². The molecule has 1 aliphatic rings. The van der Waals surface area contributed by atoms with E-state index in [1.165, 1.54) is 0 Å². The maximum absolute atomic E-state index is 13.4. The summed E-state index contributed by atoms with van der Waals surface area (Å²) in [7, 11) is 3.16. The van der Waals surface area contributed by atoms with Crippen LogP contribution in [0, 0.1) is 6.92 Å². The van der Waals surface area contributed by atoms with Crippen LogP contribution in [0.25, 0.3) is 0 Å². The quantitative estimate of drug-likeness (QED) is 0.671. The molecule has 154 valence electrons. The smallest absolute Gasteiger partial charge is 0.255 e. The SMILES string of the molecule is COc1ccc(C2C(C(=O)Nc3cccc(C)c3)=C(C)Nc3nnnn32)c(OC)c1. The topological polar surface area (TPSA) is 103 Å². The number of amides is 1. The number of hydrogen-bond acceptors (Lipinski definition) is 7. The third-order valence-corrected chi connectivity index (χ3v) is 4.97. The van der Waals surface area contributed by atoms with Gasteiger partial charge in [0.1, 0.15) is 17.5 Å². The number of carbonyl (C=O) groups is 1. The standard InChI is InChI=1S/C21H22N6O3/c1-12-6-5-7-14(10-12)23-20(28)18-13(2)22-21-24-25-26-27(21)19(18)16-9-8-15(29-3)11-17(16)30-4/h5-11,19H,1-4H3,(H,23,28)(H,22,24,26). The molecule has 0 fully saturated rings. The number of aromatic nitrogens is 4. The molecule has 1 aromatic heterocycles. The molecule has 0 aliphatic carbocycles. The fraction of sp³-hybridized carbons (Fsp3) is 0.238. The van der Waals surface area contributed by atoms with Crippen molar-refractivity contribution in [3.05, 3.63) is 64.9 Å². The van der Waals surface area contributed by atoms with E-state index in [9.17, 15) is 4.79 Å². The van der Waals surface area contributed by atoms with Gasteiger partial charge in [0, 0.05) is 23.0 Å². The molecule has 9 heteroatoms. The molecule has 0 bridgehead atoms. The lowest BCUT2D eigenvalue weighted by atomic mass is 9.94. The van der Waals surface area contributed by atoms with E-state index in [4.69, 9.17) is 9.47 Å². The number of fused-ring (bicyclic) bond motifs is 1. The van der Waals surface area contributed by atoms with Gasteiger partial charge in [-0.05, 0) is 54.1 Å². The number of nitrogens with one attached hydrogen (secondary N) is 2.